The van der Waals surface area contributed by atoms with Crippen LogP contribution in [-0.2, 0) is 13.6 Å². The van der Waals surface area contributed by atoms with Crippen LogP contribution in [0, 0.1) is 0 Å². The number of imidazole rings is 1. The standard InChI is InChI=1S/C18H21N5O/c1-21(2)18(24)14-9-7-11-16(20-14)22(3)12-17-19-13-8-5-6-10-15(13)23(17)4/h5-11H,12H2,1-4H3. The summed E-state index contributed by atoms with van der Waals surface area (Å²) in [6.07, 6.45) is 0. The molecule has 0 spiro atoms. The van der Waals surface area contributed by atoms with Gasteiger partial charge in [-0.15, -0.1) is 0 Å². The molecule has 0 unspecified atom stereocenters. The predicted octanol–water partition coefficient (Wildman–Crippen LogP) is 2.31. The summed E-state index contributed by atoms with van der Waals surface area (Å²) in [7, 11) is 7.41. The molecular weight excluding hydrogens is 302 g/mol. The van der Waals surface area contributed by atoms with E-state index in [9.17, 15) is 4.79 Å². The Bertz CT molecular complexity index is 884. The summed E-state index contributed by atoms with van der Waals surface area (Å²) in [6.45, 7) is 0.609. The molecule has 124 valence electrons. The van der Waals surface area contributed by atoms with Crippen molar-refractivity contribution in [1.82, 2.24) is 19.4 Å². The van der Waals surface area contributed by atoms with E-state index in [4.69, 9.17) is 0 Å². The first-order chi connectivity index (χ1) is 11.5. The highest BCUT2D eigenvalue weighted by molar-refractivity contribution is 5.92. The number of aromatic nitrogens is 3. The maximum atomic E-state index is 12.1. The van der Waals surface area contributed by atoms with Crippen LogP contribution in [0.25, 0.3) is 11.0 Å². The maximum Gasteiger partial charge on any atom is 0.272 e. The average Bonchev–Trinajstić information content (AvgIpc) is 2.90. The average molecular weight is 323 g/mol. The Labute approximate surface area is 141 Å². The molecule has 0 radical (unpaired) electrons. The van der Waals surface area contributed by atoms with Crippen LogP contribution in [-0.4, -0.2) is 46.5 Å². The van der Waals surface area contributed by atoms with Crippen LogP contribution >= 0.6 is 0 Å². The molecular formula is C18H21N5O. The molecule has 0 N–H and O–H groups in total. The third-order valence-electron chi connectivity index (χ3n) is 4.01. The summed E-state index contributed by atoms with van der Waals surface area (Å²) in [5, 5.41) is 0. The van der Waals surface area contributed by atoms with Crippen LogP contribution in [0.1, 0.15) is 16.3 Å². The van der Waals surface area contributed by atoms with E-state index < -0.39 is 0 Å². The van der Waals surface area contributed by atoms with Crippen LogP contribution in [0.15, 0.2) is 42.5 Å². The summed E-state index contributed by atoms with van der Waals surface area (Å²) in [5.41, 5.74) is 2.52. The Balaban J connectivity index is 1.86. The first-order valence-electron chi connectivity index (χ1n) is 7.77. The monoisotopic (exact) mass is 323 g/mol. The number of amides is 1. The molecule has 1 aromatic carbocycles. The van der Waals surface area contributed by atoms with Crippen LogP contribution in [0.5, 0.6) is 0 Å². The van der Waals surface area contributed by atoms with Crippen molar-refractivity contribution in [2.24, 2.45) is 7.05 Å². The van der Waals surface area contributed by atoms with Crippen LogP contribution < -0.4 is 4.90 Å². The molecule has 2 aromatic heterocycles. The van der Waals surface area contributed by atoms with Gasteiger partial charge >= 0.3 is 0 Å². The van der Waals surface area contributed by atoms with Crippen molar-refractivity contribution in [3.8, 4) is 0 Å². The number of hydrogen-bond acceptors (Lipinski definition) is 4. The second-order valence-corrected chi connectivity index (χ2v) is 6.01. The normalized spacial score (nSPS) is 10.8. The molecule has 0 aliphatic carbocycles. The largest absolute Gasteiger partial charge is 0.352 e. The summed E-state index contributed by atoms with van der Waals surface area (Å²) in [5.74, 6) is 1.59. The topological polar surface area (TPSA) is 54.3 Å². The summed E-state index contributed by atoms with van der Waals surface area (Å²) >= 11 is 0. The highest BCUT2D eigenvalue weighted by atomic mass is 16.2. The number of nitrogens with zero attached hydrogens (tertiary/aromatic N) is 5. The molecule has 0 aliphatic rings. The Kier molecular flexibility index (Phi) is 4.20. The smallest absolute Gasteiger partial charge is 0.272 e. The molecule has 3 aromatic rings. The number of anilines is 1. The van der Waals surface area contributed by atoms with Gasteiger partial charge < -0.3 is 14.4 Å². The lowest BCUT2D eigenvalue weighted by atomic mass is 10.3. The van der Waals surface area contributed by atoms with Crippen molar-refractivity contribution in [1.29, 1.82) is 0 Å². The van der Waals surface area contributed by atoms with Crippen molar-refractivity contribution in [3.05, 3.63) is 54.0 Å². The molecule has 0 aliphatic heterocycles. The van der Waals surface area contributed by atoms with E-state index in [1.807, 2.05) is 49.3 Å². The minimum Gasteiger partial charge on any atom is -0.352 e. The van der Waals surface area contributed by atoms with Gasteiger partial charge in [-0.25, -0.2) is 9.97 Å². The molecule has 1 amide bonds. The minimum atomic E-state index is -0.104. The molecule has 24 heavy (non-hydrogen) atoms. The van der Waals surface area contributed by atoms with Crippen molar-refractivity contribution in [3.63, 3.8) is 0 Å². The predicted molar refractivity (Wildman–Crippen MR) is 95.1 cm³/mol. The SMILES string of the molecule is CN(C)C(=O)c1cccc(N(C)Cc2nc3ccccc3n2C)n1. The summed E-state index contributed by atoms with van der Waals surface area (Å²) in [4.78, 5) is 24.7. The Morgan fingerprint density at radius 1 is 1.04 bits per heavy atom. The van der Waals surface area contributed by atoms with Gasteiger partial charge in [0.2, 0.25) is 0 Å². The van der Waals surface area contributed by atoms with E-state index >= 15 is 0 Å². The lowest BCUT2D eigenvalue weighted by Crippen LogP contribution is -2.25. The van der Waals surface area contributed by atoms with E-state index in [1.165, 1.54) is 4.90 Å². The number of rotatable bonds is 4. The Morgan fingerprint density at radius 3 is 2.50 bits per heavy atom. The molecule has 0 bridgehead atoms. The Morgan fingerprint density at radius 2 is 1.79 bits per heavy atom. The van der Waals surface area contributed by atoms with Crippen molar-refractivity contribution in [2.75, 3.05) is 26.0 Å². The third-order valence-corrected chi connectivity index (χ3v) is 4.01. The highest BCUT2D eigenvalue weighted by Crippen LogP contribution is 2.18. The molecule has 6 heteroatoms. The van der Waals surface area contributed by atoms with Gasteiger partial charge in [0.15, 0.2) is 0 Å². The zero-order valence-corrected chi connectivity index (χ0v) is 14.4. The van der Waals surface area contributed by atoms with Gasteiger partial charge in [-0.3, -0.25) is 4.79 Å². The van der Waals surface area contributed by atoms with E-state index in [2.05, 4.69) is 20.6 Å². The van der Waals surface area contributed by atoms with Gasteiger partial charge in [-0.05, 0) is 24.3 Å². The van der Waals surface area contributed by atoms with Crippen LogP contribution in [0.3, 0.4) is 0 Å². The lowest BCUT2D eigenvalue weighted by Gasteiger charge is -2.19. The first kappa shape index (κ1) is 16.0. The minimum absolute atomic E-state index is 0.104. The summed E-state index contributed by atoms with van der Waals surface area (Å²) in [6, 6.07) is 13.5. The van der Waals surface area contributed by atoms with Gasteiger partial charge in [0, 0.05) is 28.2 Å². The second kappa shape index (κ2) is 6.31. The number of benzene rings is 1. The number of aryl methyl sites for hydroxylation is 1. The number of fused-ring (bicyclic) bond motifs is 1. The first-order valence-corrected chi connectivity index (χ1v) is 7.77. The van der Waals surface area contributed by atoms with Crippen molar-refractivity contribution < 1.29 is 4.79 Å². The number of carbonyl (C=O) groups is 1. The molecule has 0 saturated heterocycles. The van der Waals surface area contributed by atoms with E-state index in [0.717, 1.165) is 22.7 Å². The van der Waals surface area contributed by atoms with Crippen molar-refractivity contribution in [2.45, 2.75) is 6.54 Å². The fourth-order valence-electron chi connectivity index (χ4n) is 2.61. The van der Waals surface area contributed by atoms with Gasteiger partial charge in [-0.1, -0.05) is 18.2 Å². The highest BCUT2D eigenvalue weighted by Gasteiger charge is 2.14. The van der Waals surface area contributed by atoms with Crippen LogP contribution in [0.2, 0.25) is 0 Å². The third kappa shape index (κ3) is 2.95. The fourth-order valence-corrected chi connectivity index (χ4v) is 2.61. The van der Waals surface area contributed by atoms with Gasteiger partial charge in [0.25, 0.3) is 5.91 Å². The lowest BCUT2D eigenvalue weighted by molar-refractivity contribution is 0.0822. The van der Waals surface area contributed by atoms with E-state index in [-0.39, 0.29) is 5.91 Å². The quantitative estimate of drug-likeness (QED) is 0.739. The van der Waals surface area contributed by atoms with Gasteiger partial charge in [-0.2, -0.15) is 0 Å². The van der Waals surface area contributed by atoms with Crippen LogP contribution in [0.4, 0.5) is 5.82 Å². The molecule has 2 heterocycles. The zero-order valence-electron chi connectivity index (χ0n) is 14.4. The molecule has 3 rings (SSSR count). The molecule has 6 nitrogen and oxygen atoms in total. The van der Waals surface area contributed by atoms with E-state index in [1.54, 1.807) is 20.2 Å². The number of hydrogen-bond donors (Lipinski definition) is 0. The van der Waals surface area contributed by atoms with E-state index in [0.29, 0.717) is 12.2 Å². The van der Waals surface area contributed by atoms with Gasteiger partial charge in [0.05, 0.1) is 17.6 Å². The molecule has 0 saturated carbocycles. The van der Waals surface area contributed by atoms with Gasteiger partial charge in [0.1, 0.15) is 17.3 Å². The second-order valence-electron chi connectivity index (χ2n) is 6.01. The molecule has 0 fully saturated rings. The van der Waals surface area contributed by atoms with Crippen molar-refractivity contribution >= 4 is 22.8 Å². The molecule has 0 atom stereocenters. The Hall–Kier alpha value is -2.89. The summed E-state index contributed by atoms with van der Waals surface area (Å²) < 4.78 is 2.08. The number of pyridine rings is 1. The maximum absolute atomic E-state index is 12.1. The number of para-hydroxylation sites is 2. The zero-order chi connectivity index (χ0) is 17.3. The fraction of sp³-hybridized carbons (Fsp3) is 0.278. The number of carbonyl (C=O) groups excluding carboxylic acids is 1.